The van der Waals surface area contributed by atoms with E-state index in [4.69, 9.17) is 0 Å². The normalized spacial score (nSPS) is 11.7. The summed E-state index contributed by atoms with van der Waals surface area (Å²) in [4.78, 5) is 11.4. The van der Waals surface area contributed by atoms with Crippen LogP contribution in [0.4, 0.5) is 0 Å². The summed E-state index contributed by atoms with van der Waals surface area (Å²) < 4.78 is 25.6. The third-order valence-electron chi connectivity index (χ3n) is 2.84. The van der Waals surface area contributed by atoms with E-state index >= 15 is 0 Å². The smallest absolute Gasteiger partial charge is 0.283 e. The third-order valence-corrected chi connectivity index (χ3v) is 3.83. The van der Waals surface area contributed by atoms with Crippen molar-refractivity contribution in [2.24, 2.45) is 5.90 Å². The van der Waals surface area contributed by atoms with Gasteiger partial charge in [0.2, 0.25) is 0 Å². The highest BCUT2D eigenvalue weighted by molar-refractivity contribution is 7.86. The van der Waals surface area contributed by atoms with Crippen LogP contribution in [-0.2, 0) is 19.2 Å². The van der Waals surface area contributed by atoms with Gasteiger partial charge in [-0.05, 0) is 6.42 Å². The van der Waals surface area contributed by atoms with Gasteiger partial charge in [-0.3, -0.25) is 4.79 Å². The maximum absolute atomic E-state index is 11.4. The Bertz CT molecular complexity index is 314. The Hall–Kier alpha value is -0.460. The standard InChI is InChI=1S/C12H25NO4S/c1-2-3-4-5-6-7-8-9-12(14)10-11-18(15,16)17-13/h2-11,13H2,1H3. The van der Waals surface area contributed by atoms with Crippen LogP contribution >= 0.6 is 0 Å². The van der Waals surface area contributed by atoms with Crippen LogP contribution in [0.15, 0.2) is 0 Å². The molecular weight excluding hydrogens is 254 g/mol. The van der Waals surface area contributed by atoms with Crippen molar-refractivity contribution in [1.82, 2.24) is 0 Å². The number of hydrogen-bond donors (Lipinski definition) is 1. The second-order valence-electron chi connectivity index (χ2n) is 4.52. The number of unbranched alkanes of at least 4 members (excludes halogenated alkanes) is 6. The number of carbonyl (C=O) groups is 1. The summed E-state index contributed by atoms with van der Waals surface area (Å²) in [7, 11) is -3.70. The van der Waals surface area contributed by atoms with E-state index in [0.717, 1.165) is 19.3 Å². The van der Waals surface area contributed by atoms with Crippen LogP contribution in [-0.4, -0.2) is 20.0 Å². The fourth-order valence-electron chi connectivity index (χ4n) is 1.69. The Morgan fingerprint density at radius 2 is 1.56 bits per heavy atom. The van der Waals surface area contributed by atoms with Gasteiger partial charge in [0, 0.05) is 12.8 Å². The van der Waals surface area contributed by atoms with Crippen LogP contribution in [0.25, 0.3) is 0 Å². The molecule has 0 aromatic heterocycles. The van der Waals surface area contributed by atoms with Gasteiger partial charge >= 0.3 is 0 Å². The van der Waals surface area contributed by atoms with E-state index in [1.54, 1.807) is 0 Å². The van der Waals surface area contributed by atoms with Gasteiger partial charge in [0.05, 0.1) is 5.75 Å². The summed E-state index contributed by atoms with van der Waals surface area (Å²) in [5.41, 5.74) is 0. The minimum Gasteiger partial charge on any atom is -0.300 e. The molecule has 0 rings (SSSR count). The van der Waals surface area contributed by atoms with Gasteiger partial charge in [-0.25, -0.2) is 0 Å². The fraction of sp³-hybridized carbons (Fsp3) is 0.917. The Morgan fingerprint density at radius 3 is 2.11 bits per heavy atom. The molecule has 0 aliphatic heterocycles. The molecule has 108 valence electrons. The molecule has 0 amide bonds. The average Bonchev–Trinajstić information content (AvgIpc) is 2.35. The zero-order chi connectivity index (χ0) is 13.9. The van der Waals surface area contributed by atoms with Crippen LogP contribution in [0.3, 0.4) is 0 Å². The minimum atomic E-state index is -3.70. The highest BCUT2D eigenvalue weighted by Gasteiger charge is 2.12. The predicted octanol–water partition coefficient (Wildman–Crippen LogP) is 2.31. The topological polar surface area (TPSA) is 86.5 Å². The molecule has 18 heavy (non-hydrogen) atoms. The van der Waals surface area contributed by atoms with E-state index in [1.165, 1.54) is 25.7 Å². The molecule has 2 N–H and O–H groups in total. The number of nitrogens with two attached hydrogens (primary N) is 1. The maximum atomic E-state index is 11.4. The van der Waals surface area contributed by atoms with Crippen molar-refractivity contribution >= 4 is 15.9 Å². The highest BCUT2D eigenvalue weighted by atomic mass is 32.2. The monoisotopic (exact) mass is 279 g/mol. The van der Waals surface area contributed by atoms with Crippen LogP contribution in [0.1, 0.15) is 64.7 Å². The van der Waals surface area contributed by atoms with Gasteiger partial charge in [-0.2, -0.15) is 18.6 Å². The first-order valence-corrected chi connectivity index (χ1v) is 8.22. The van der Waals surface area contributed by atoms with Crippen LogP contribution in [0, 0.1) is 0 Å². The van der Waals surface area contributed by atoms with Crippen molar-refractivity contribution < 1.29 is 17.5 Å². The second kappa shape index (κ2) is 10.5. The van der Waals surface area contributed by atoms with Crippen molar-refractivity contribution in [3.05, 3.63) is 0 Å². The van der Waals surface area contributed by atoms with Crippen molar-refractivity contribution in [2.45, 2.75) is 64.7 Å². The molecule has 0 aliphatic rings. The Morgan fingerprint density at radius 1 is 1.00 bits per heavy atom. The Kier molecular flexibility index (Phi) is 10.2. The molecule has 0 aliphatic carbocycles. The summed E-state index contributed by atoms with van der Waals surface area (Å²) >= 11 is 0. The van der Waals surface area contributed by atoms with E-state index in [0.29, 0.717) is 6.42 Å². The van der Waals surface area contributed by atoms with Gasteiger partial charge in [0.15, 0.2) is 0 Å². The quantitative estimate of drug-likeness (QED) is 0.437. The minimum absolute atomic E-state index is 0.00460. The van der Waals surface area contributed by atoms with Gasteiger partial charge < -0.3 is 0 Å². The number of hydrogen-bond acceptors (Lipinski definition) is 5. The summed E-state index contributed by atoms with van der Waals surface area (Å²) in [5, 5.41) is 0. The molecule has 5 nitrogen and oxygen atoms in total. The first kappa shape index (κ1) is 17.5. The molecule has 0 fully saturated rings. The summed E-state index contributed by atoms with van der Waals surface area (Å²) in [5.74, 6) is 4.21. The molecule has 0 heterocycles. The number of ketones is 1. The van der Waals surface area contributed by atoms with Crippen molar-refractivity contribution in [2.75, 3.05) is 5.75 Å². The van der Waals surface area contributed by atoms with Gasteiger partial charge in [-0.1, -0.05) is 45.4 Å². The molecule has 0 saturated carbocycles. The molecular formula is C12H25NO4S. The van der Waals surface area contributed by atoms with Gasteiger partial charge in [0.25, 0.3) is 10.1 Å². The maximum Gasteiger partial charge on any atom is 0.283 e. The molecule has 0 atom stereocenters. The molecule has 0 saturated heterocycles. The second-order valence-corrected chi connectivity index (χ2v) is 6.23. The highest BCUT2D eigenvalue weighted by Crippen LogP contribution is 2.09. The number of carbonyl (C=O) groups excluding carboxylic acids is 1. The van der Waals surface area contributed by atoms with E-state index in [-0.39, 0.29) is 18.0 Å². The van der Waals surface area contributed by atoms with E-state index in [9.17, 15) is 13.2 Å². The zero-order valence-electron chi connectivity index (χ0n) is 11.2. The van der Waals surface area contributed by atoms with Crippen LogP contribution < -0.4 is 5.90 Å². The summed E-state index contributed by atoms with van der Waals surface area (Å²) in [6.07, 6.45) is 8.46. The van der Waals surface area contributed by atoms with Crippen molar-refractivity contribution in [3.8, 4) is 0 Å². The summed E-state index contributed by atoms with van der Waals surface area (Å²) in [6, 6.07) is 0. The van der Waals surface area contributed by atoms with Gasteiger partial charge in [-0.15, -0.1) is 0 Å². The lowest BCUT2D eigenvalue weighted by Gasteiger charge is -2.02. The summed E-state index contributed by atoms with van der Waals surface area (Å²) in [6.45, 7) is 2.18. The Labute approximate surface area is 110 Å². The van der Waals surface area contributed by atoms with E-state index in [1.807, 2.05) is 0 Å². The van der Waals surface area contributed by atoms with E-state index in [2.05, 4.69) is 17.1 Å². The lowest BCUT2D eigenvalue weighted by Crippen LogP contribution is -2.17. The molecule has 6 heteroatoms. The molecule has 0 unspecified atom stereocenters. The molecule has 0 spiro atoms. The zero-order valence-corrected chi connectivity index (χ0v) is 12.0. The SMILES string of the molecule is CCCCCCCCCC(=O)CCS(=O)(=O)ON. The van der Waals surface area contributed by atoms with Crippen LogP contribution in [0.5, 0.6) is 0 Å². The number of rotatable bonds is 12. The molecule has 0 radical (unpaired) electrons. The molecule has 0 aromatic carbocycles. The average molecular weight is 279 g/mol. The third kappa shape index (κ3) is 10.7. The first-order valence-electron chi connectivity index (χ1n) is 6.64. The first-order chi connectivity index (χ1) is 8.52. The molecule has 0 aromatic rings. The largest absolute Gasteiger partial charge is 0.300 e. The van der Waals surface area contributed by atoms with Crippen LogP contribution in [0.2, 0.25) is 0 Å². The number of Topliss-reactive ketones (excluding diaryl/α,β-unsaturated/α-hetero) is 1. The predicted molar refractivity (Wildman–Crippen MR) is 71.3 cm³/mol. The van der Waals surface area contributed by atoms with Gasteiger partial charge in [0.1, 0.15) is 5.78 Å². The lowest BCUT2D eigenvalue weighted by atomic mass is 10.1. The Balaban J connectivity index is 3.43. The van der Waals surface area contributed by atoms with E-state index < -0.39 is 10.1 Å². The molecule has 0 bridgehead atoms. The lowest BCUT2D eigenvalue weighted by molar-refractivity contribution is -0.118. The van der Waals surface area contributed by atoms with Crippen molar-refractivity contribution in [3.63, 3.8) is 0 Å². The fourth-order valence-corrected chi connectivity index (χ4v) is 2.27. The van der Waals surface area contributed by atoms with Crippen molar-refractivity contribution in [1.29, 1.82) is 0 Å².